The molecule has 2 atom stereocenters. The van der Waals surface area contributed by atoms with E-state index in [1.165, 1.54) is 12.4 Å². The summed E-state index contributed by atoms with van der Waals surface area (Å²) in [6.45, 7) is 1.53. The zero-order valence-corrected chi connectivity index (χ0v) is 12.4. The van der Waals surface area contributed by atoms with Gasteiger partial charge in [0.05, 0.1) is 24.3 Å². The van der Waals surface area contributed by atoms with Crippen LogP contribution in [0.25, 0.3) is 0 Å². The third kappa shape index (κ3) is 2.62. The van der Waals surface area contributed by atoms with Gasteiger partial charge in [0.15, 0.2) is 5.82 Å². The lowest BCUT2D eigenvalue weighted by atomic mass is 10.0. The molecule has 0 unspecified atom stereocenters. The van der Waals surface area contributed by atoms with Crippen LogP contribution in [0.2, 0.25) is 0 Å². The number of hydrogen-bond donors (Lipinski definition) is 1. The third-order valence-corrected chi connectivity index (χ3v) is 4.71. The summed E-state index contributed by atoms with van der Waals surface area (Å²) in [7, 11) is 0. The predicted molar refractivity (Wildman–Crippen MR) is 82.2 cm³/mol. The molecule has 23 heavy (non-hydrogen) atoms. The average molecular weight is 313 g/mol. The molecule has 1 amide bonds. The van der Waals surface area contributed by atoms with Gasteiger partial charge in [-0.15, -0.1) is 0 Å². The second-order valence-corrected chi connectivity index (χ2v) is 6.22. The Morgan fingerprint density at radius 1 is 1.35 bits per heavy atom. The molecule has 1 saturated heterocycles. The number of rotatable bonds is 3. The maximum absolute atomic E-state index is 12.9. The van der Waals surface area contributed by atoms with E-state index in [9.17, 15) is 9.18 Å². The van der Waals surface area contributed by atoms with Crippen molar-refractivity contribution in [1.29, 1.82) is 0 Å². The normalized spacial score (nSPS) is 25.6. The molecule has 3 heterocycles. The van der Waals surface area contributed by atoms with E-state index in [0.29, 0.717) is 5.95 Å². The first-order chi connectivity index (χ1) is 11.2. The second-order valence-electron chi connectivity index (χ2n) is 6.22. The Morgan fingerprint density at radius 3 is 2.91 bits per heavy atom. The van der Waals surface area contributed by atoms with Crippen molar-refractivity contribution in [3.05, 3.63) is 42.7 Å². The van der Waals surface area contributed by atoms with Gasteiger partial charge in [-0.3, -0.25) is 9.78 Å². The second kappa shape index (κ2) is 5.26. The van der Waals surface area contributed by atoms with Gasteiger partial charge in [0, 0.05) is 30.6 Å². The summed E-state index contributed by atoms with van der Waals surface area (Å²) < 4.78 is 12.9. The Hall–Kier alpha value is -2.57. The number of hydrogen-bond acceptors (Lipinski definition) is 5. The molecular formula is C16H16FN5O. The fraction of sp³-hybridized carbons (Fsp3) is 0.375. The highest BCUT2D eigenvalue weighted by Gasteiger charge is 2.61. The average Bonchev–Trinajstić information content (AvgIpc) is 3.10. The zero-order chi connectivity index (χ0) is 15.9. The molecule has 7 heteroatoms. The molecule has 4 rings (SSSR count). The topological polar surface area (TPSA) is 71.0 Å². The van der Waals surface area contributed by atoms with Gasteiger partial charge in [-0.1, -0.05) is 0 Å². The Labute approximate surface area is 132 Å². The quantitative estimate of drug-likeness (QED) is 0.936. The van der Waals surface area contributed by atoms with Gasteiger partial charge in [-0.05, 0) is 25.0 Å². The van der Waals surface area contributed by atoms with Crippen molar-refractivity contribution in [2.24, 2.45) is 11.3 Å². The van der Waals surface area contributed by atoms with Crippen LogP contribution in [0.15, 0.2) is 36.9 Å². The minimum absolute atomic E-state index is 0.00401. The molecule has 0 aromatic carbocycles. The number of anilines is 2. The van der Waals surface area contributed by atoms with Crippen molar-refractivity contribution in [2.45, 2.75) is 12.8 Å². The SMILES string of the molecule is O=C(Nc1cccnc1)[C@@H]1C[C@@]12CCN(c1ncc(F)cn1)C2. The van der Waals surface area contributed by atoms with Gasteiger partial charge < -0.3 is 10.2 Å². The number of nitrogens with one attached hydrogen (secondary N) is 1. The molecule has 6 nitrogen and oxygen atoms in total. The van der Waals surface area contributed by atoms with Crippen LogP contribution in [0.4, 0.5) is 16.0 Å². The number of carbonyl (C=O) groups excluding carboxylic acids is 1. The predicted octanol–water partition coefficient (Wildman–Crippen LogP) is 1.87. The first kappa shape index (κ1) is 14.0. The third-order valence-electron chi connectivity index (χ3n) is 4.71. The van der Waals surface area contributed by atoms with Crippen molar-refractivity contribution in [1.82, 2.24) is 15.0 Å². The minimum Gasteiger partial charge on any atom is -0.340 e. The zero-order valence-electron chi connectivity index (χ0n) is 12.4. The molecule has 0 bridgehead atoms. The van der Waals surface area contributed by atoms with Gasteiger partial charge in [-0.25, -0.2) is 14.4 Å². The molecule has 1 aliphatic carbocycles. The molecule has 1 spiro atoms. The highest BCUT2D eigenvalue weighted by molar-refractivity contribution is 5.95. The van der Waals surface area contributed by atoms with Crippen LogP contribution >= 0.6 is 0 Å². The van der Waals surface area contributed by atoms with Gasteiger partial charge in [0.25, 0.3) is 0 Å². The van der Waals surface area contributed by atoms with E-state index in [0.717, 1.165) is 31.6 Å². The van der Waals surface area contributed by atoms with Crippen LogP contribution in [-0.4, -0.2) is 33.9 Å². The molecule has 1 aliphatic heterocycles. The summed E-state index contributed by atoms with van der Waals surface area (Å²) in [6.07, 6.45) is 7.46. The molecule has 1 saturated carbocycles. The Morgan fingerprint density at radius 2 is 2.17 bits per heavy atom. The van der Waals surface area contributed by atoms with E-state index >= 15 is 0 Å². The molecular weight excluding hydrogens is 297 g/mol. The van der Waals surface area contributed by atoms with E-state index in [1.54, 1.807) is 18.5 Å². The Kier molecular flexibility index (Phi) is 3.21. The van der Waals surface area contributed by atoms with Crippen molar-refractivity contribution < 1.29 is 9.18 Å². The Bertz CT molecular complexity index is 723. The highest BCUT2D eigenvalue weighted by Crippen LogP contribution is 2.59. The lowest BCUT2D eigenvalue weighted by molar-refractivity contribution is -0.118. The van der Waals surface area contributed by atoms with Gasteiger partial charge in [0.1, 0.15) is 0 Å². The minimum atomic E-state index is -0.442. The van der Waals surface area contributed by atoms with Crippen LogP contribution in [0.5, 0.6) is 0 Å². The Balaban J connectivity index is 1.40. The maximum atomic E-state index is 12.9. The summed E-state index contributed by atoms with van der Waals surface area (Å²) in [6, 6.07) is 3.62. The molecule has 2 aromatic heterocycles. The summed E-state index contributed by atoms with van der Waals surface area (Å²) in [5, 5.41) is 2.92. The fourth-order valence-electron chi connectivity index (χ4n) is 3.37. The monoisotopic (exact) mass is 313 g/mol. The van der Waals surface area contributed by atoms with Gasteiger partial charge >= 0.3 is 0 Å². The van der Waals surface area contributed by atoms with E-state index in [-0.39, 0.29) is 17.2 Å². The van der Waals surface area contributed by atoms with Gasteiger partial charge in [-0.2, -0.15) is 0 Å². The molecule has 2 fully saturated rings. The standard InChI is InChI=1S/C16H16FN5O/c17-11-7-19-15(20-8-11)22-5-3-16(10-22)6-13(16)14(23)21-12-2-1-4-18-9-12/h1-2,4,7-9,13H,3,5-6,10H2,(H,21,23)/t13-,16+/m0/s1. The van der Waals surface area contributed by atoms with E-state index < -0.39 is 5.82 Å². The molecule has 118 valence electrons. The van der Waals surface area contributed by atoms with Crippen LogP contribution in [-0.2, 0) is 4.79 Å². The van der Waals surface area contributed by atoms with Crippen molar-refractivity contribution in [3.8, 4) is 0 Å². The van der Waals surface area contributed by atoms with Gasteiger partial charge in [0.2, 0.25) is 11.9 Å². The number of halogens is 1. The van der Waals surface area contributed by atoms with Crippen molar-refractivity contribution >= 4 is 17.5 Å². The first-order valence-electron chi connectivity index (χ1n) is 7.60. The molecule has 0 radical (unpaired) electrons. The van der Waals surface area contributed by atoms with Crippen molar-refractivity contribution in [2.75, 3.05) is 23.3 Å². The molecule has 2 aromatic rings. The van der Waals surface area contributed by atoms with Crippen LogP contribution in [0, 0.1) is 17.2 Å². The van der Waals surface area contributed by atoms with Crippen LogP contribution < -0.4 is 10.2 Å². The largest absolute Gasteiger partial charge is 0.340 e. The molecule has 1 N–H and O–H groups in total. The van der Waals surface area contributed by atoms with E-state index in [2.05, 4.69) is 20.3 Å². The summed E-state index contributed by atoms with van der Waals surface area (Å²) in [5.41, 5.74) is 0.723. The number of aromatic nitrogens is 3. The number of nitrogens with zero attached hydrogens (tertiary/aromatic N) is 4. The number of amides is 1. The summed E-state index contributed by atoms with van der Waals surface area (Å²) >= 11 is 0. The molecule has 2 aliphatic rings. The summed E-state index contributed by atoms with van der Waals surface area (Å²) in [5.74, 6) is 0.137. The fourth-order valence-corrected chi connectivity index (χ4v) is 3.37. The lowest BCUT2D eigenvalue weighted by Crippen LogP contribution is -2.25. The van der Waals surface area contributed by atoms with Crippen molar-refractivity contribution in [3.63, 3.8) is 0 Å². The lowest BCUT2D eigenvalue weighted by Gasteiger charge is -2.16. The van der Waals surface area contributed by atoms with Crippen LogP contribution in [0.1, 0.15) is 12.8 Å². The van der Waals surface area contributed by atoms with E-state index in [4.69, 9.17) is 0 Å². The number of carbonyl (C=O) groups is 1. The van der Waals surface area contributed by atoms with Crippen LogP contribution in [0.3, 0.4) is 0 Å². The first-order valence-corrected chi connectivity index (χ1v) is 7.60. The number of pyridine rings is 1. The van der Waals surface area contributed by atoms with E-state index in [1.807, 2.05) is 11.0 Å². The smallest absolute Gasteiger partial charge is 0.228 e. The summed E-state index contributed by atoms with van der Waals surface area (Å²) in [4.78, 5) is 26.4. The highest BCUT2D eigenvalue weighted by atomic mass is 19.1. The maximum Gasteiger partial charge on any atom is 0.228 e.